The number of hydrogen-bond acceptors (Lipinski definition) is 5. The highest BCUT2D eigenvalue weighted by Crippen LogP contribution is 2.31. The van der Waals surface area contributed by atoms with Crippen molar-refractivity contribution in [2.24, 2.45) is 0 Å². The Labute approximate surface area is 116 Å². The molecule has 0 radical (unpaired) electrons. The van der Waals surface area contributed by atoms with E-state index in [9.17, 15) is 0 Å². The molecule has 3 rings (SSSR count). The lowest BCUT2D eigenvalue weighted by atomic mass is 10.2. The molecule has 5 heteroatoms. The fraction of sp³-hybridized carbons (Fsp3) is 0.0667. The topological polar surface area (TPSA) is 73.1 Å². The number of aromatic nitrogens is 2. The molecule has 5 nitrogen and oxygen atoms in total. The molecular formula is C15H14N4O. The van der Waals surface area contributed by atoms with Gasteiger partial charge >= 0.3 is 0 Å². The molecule has 0 amide bonds. The molecule has 0 spiro atoms. The van der Waals surface area contributed by atoms with E-state index in [4.69, 9.17) is 10.5 Å². The molecule has 20 heavy (non-hydrogen) atoms. The summed E-state index contributed by atoms with van der Waals surface area (Å²) in [7, 11) is 1.81. The summed E-state index contributed by atoms with van der Waals surface area (Å²) in [6.07, 6.45) is 3.43. The third-order valence-corrected chi connectivity index (χ3v) is 2.94. The first kappa shape index (κ1) is 12.2. The largest absolute Gasteiger partial charge is 0.457 e. The molecule has 0 bridgehead atoms. The Morgan fingerprint density at radius 1 is 1.10 bits per heavy atom. The van der Waals surface area contributed by atoms with E-state index >= 15 is 0 Å². The van der Waals surface area contributed by atoms with Crippen molar-refractivity contribution in [1.82, 2.24) is 9.97 Å². The number of benzene rings is 1. The Kier molecular flexibility index (Phi) is 3.09. The molecule has 0 unspecified atom stereocenters. The molecule has 0 fully saturated rings. The smallest absolute Gasteiger partial charge is 0.152 e. The van der Waals surface area contributed by atoms with E-state index in [1.54, 1.807) is 18.5 Å². The van der Waals surface area contributed by atoms with Gasteiger partial charge in [-0.15, -0.1) is 0 Å². The zero-order chi connectivity index (χ0) is 13.9. The molecular weight excluding hydrogens is 252 g/mol. The second-order valence-corrected chi connectivity index (χ2v) is 4.29. The van der Waals surface area contributed by atoms with Crippen LogP contribution in [0.5, 0.6) is 11.5 Å². The van der Waals surface area contributed by atoms with Crippen LogP contribution < -0.4 is 15.8 Å². The first-order valence-electron chi connectivity index (χ1n) is 6.23. The van der Waals surface area contributed by atoms with Gasteiger partial charge in [0.05, 0.1) is 0 Å². The summed E-state index contributed by atoms with van der Waals surface area (Å²) in [4.78, 5) is 8.58. The molecule has 0 saturated heterocycles. The van der Waals surface area contributed by atoms with E-state index in [2.05, 4.69) is 15.3 Å². The summed E-state index contributed by atoms with van der Waals surface area (Å²) in [6, 6.07) is 11.0. The number of nitrogens with zero attached hydrogens (tertiary/aromatic N) is 2. The van der Waals surface area contributed by atoms with Crippen molar-refractivity contribution in [3.8, 4) is 11.5 Å². The third kappa shape index (κ3) is 2.21. The van der Waals surface area contributed by atoms with Gasteiger partial charge < -0.3 is 15.8 Å². The fourth-order valence-electron chi connectivity index (χ4n) is 2.03. The Morgan fingerprint density at radius 3 is 2.75 bits per heavy atom. The van der Waals surface area contributed by atoms with Gasteiger partial charge in [-0.05, 0) is 24.3 Å². The average molecular weight is 266 g/mol. The van der Waals surface area contributed by atoms with Crippen LogP contribution in [0.3, 0.4) is 0 Å². The number of nitrogens with one attached hydrogen (secondary N) is 1. The molecule has 100 valence electrons. The predicted molar refractivity (Wildman–Crippen MR) is 80.0 cm³/mol. The Hall–Kier alpha value is -2.82. The van der Waals surface area contributed by atoms with Gasteiger partial charge in [0.2, 0.25) is 0 Å². The minimum Gasteiger partial charge on any atom is -0.457 e. The highest BCUT2D eigenvalue weighted by Gasteiger charge is 2.08. The molecule has 3 N–H and O–H groups in total. The minimum atomic E-state index is 0.665. The van der Waals surface area contributed by atoms with Gasteiger partial charge in [0, 0.05) is 36.6 Å². The standard InChI is InChI=1S/C15H14N4O/c1-17-15-14-12(5-7-19-15)13(6-8-18-14)20-11-4-2-3-10(16)9-11/h2-9H,16H2,1H3,(H,17,19). The fourth-order valence-corrected chi connectivity index (χ4v) is 2.03. The Morgan fingerprint density at radius 2 is 1.95 bits per heavy atom. The summed E-state index contributed by atoms with van der Waals surface area (Å²) in [5.74, 6) is 2.14. The zero-order valence-electron chi connectivity index (χ0n) is 11.0. The second-order valence-electron chi connectivity index (χ2n) is 4.29. The maximum absolute atomic E-state index is 5.90. The van der Waals surface area contributed by atoms with Gasteiger partial charge in [0.25, 0.3) is 0 Å². The summed E-state index contributed by atoms with van der Waals surface area (Å²) < 4.78 is 5.90. The van der Waals surface area contributed by atoms with Crippen LogP contribution in [0.15, 0.2) is 48.8 Å². The predicted octanol–water partition coefficient (Wildman–Crippen LogP) is 3.05. The van der Waals surface area contributed by atoms with E-state index in [0.29, 0.717) is 11.4 Å². The number of pyridine rings is 2. The molecule has 2 aromatic heterocycles. The molecule has 2 heterocycles. The summed E-state index contributed by atoms with van der Waals surface area (Å²) >= 11 is 0. The first-order chi connectivity index (χ1) is 9.78. The number of anilines is 2. The summed E-state index contributed by atoms with van der Waals surface area (Å²) in [5.41, 5.74) is 7.20. The van der Waals surface area contributed by atoms with Crippen molar-refractivity contribution < 1.29 is 4.74 Å². The molecule has 0 aliphatic rings. The lowest BCUT2D eigenvalue weighted by molar-refractivity contribution is 0.488. The second kappa shape index (κ2) is 5.05. The van der Waals surface area contributed by atoms with Gasteiger partial charge in [-0.2, -0.15) is 0 Å². The third-order valence-electron chi connectivity index (χ3n) is 2.94. The van der Waals surface area contributed by atoms with Crippen LogP contribution in [0, 0.1) is 0 Å². The summed E-state index contributed by atoms with van der Waals surface area (Å²) in [5, 5.41) is 3.92. The highest BCUT2D eigenvalue weighted by molar-refractivity contribution is 5.92. The number of nitrogen functional groups attached to an aromatic ring is 1. The minimum absolute atomic E-state index is 0.665. The normalized spacial score (nSPS) is 10.4. The van der Waals surface area contributed by atoms with Crippen molar-refractivity contribution in [2.75, 3.05) is 18.1 Å². The van der Waals surface area contributed by atoms with E-state index in [-0.39, 0.29) is 0 Å². The van der Waals surface area contributed by atoms with Crippen LogP contribution in [0.1, 0.15) is 0 Å². The van der Waals surface area contributed by atoms with Crippen LogP contribution in [0.4, 0.5) is 11.5 Å². The van der Waals surface area contributed by atoms with Crippen molar-refractivity contribution in [2.45, 2.75) is 0 Å². The number of rotatable bonds is 3. The Balaban J connectivity index is 2.08. The van der Waals surface area contributed by atoms with Crippen LogP contribution >= 0.6 is 0 Å². The van der Waals surface area contributed by atoms with Gasteiger partial charge in [-0.25, -0.2) is 4.98 Å². The number of hydrogen-bond donors (Lipinski definition) is 2. The molecule has 0 aliphatic heterocycles. The van der Waals surface area contributed by atoms with Crippen LogP contribution in [-0.4, -0.2) is 17.0 Å². The lowest BCUT2D eigenvalue weighted by Gasteiger charge is -2.10. The number of fused-ring (bicyclic) bond motifs is 1. The molecule has 3 aromatic rings. The van der Waals surface area contributed by atoms with Gasteiger partial charge in [0.15, 0.2) is 5.82 Å². The van der Waals surface area contributed by atoms with Crippen molar-refractivity contribution in [3.05, 3.63) is 48.8 Å². The van der Waals surface area contributed by atoms with E-state index in [1.165, 1.54) is 0 Å². The van der Waals surface area contributed by atoms with E-state index in [1.807, 2.05) is 37.4 Å². The monoisotopic (exact) mass is 266 g/mol. The summed E-state index contributed by atoms with van der Waals surface area (Å²) in [6.45, 7) is 0. The maximum Gasteiger partial charge on any atom is 0.152 e. The van der Waals surface area contributed by atoms with Gasteiger partial charge in [-0.1, -0.05) is 6.07 Å². The van der Waals surface area contributed by atoms with Crippen LogP contribution in [-0.2, 0) is 0 Å². The number of nitrogens with two attached hydrogens (primary N) is 1. The lowest BCUT2D eigenvalue weighted by Crippen LogP contribution is -1.96. The average Bonchev–Trinajstić information content (AvgIpc) is 2.47. The van der Waals surface area contributed by atoms with Crippen molar-refractivity contribution in [1.29, 1.82) is 0 Å². The first-order valence-corrected chi connectivity index (χ1v) is 6.23. The van der Waals surface area contributed by atoms with E-state index in [0.717, 1.165) is 22.5 Å². The van der Waals surface area contributed by atoms with Crippen LogP contribution in [0.2, 0.25) is 0 Å². The maximum atomic E-state index is 5.90. The van der Waals surface area contributed by atoms with Crippen molar-refractivity contribution >= 4 is 22.4 Å². The van der Waals surface area contributed by atoms with E-state index < -0.39 is 0 Å². The molecule has 1 aromatic carbocycles. The SMILES string of the molecule is CNc1nccc2c(Oc3cccc(N)c3)ccnc12. The number of ether oxygens (including phenoxy) is 1. The molecule has 0 aliphatic carbocycles. The molecule has 0 atom stereocenters. The van der Waals surface area contributed by atoms with Gasteiger partial charge in [0.1, 0.15) is 17.0 Å². The Bertz CT molecular complexity index is 758. The van der Waals surface area contributed by atoms with Crippen LogP contribution in [0.25, 0.3) is 10.9 Å². The van der Waals surface area contributed by atoms with Gasteiger partial charge in [-0.3, -0.25) is 4.98 Å². The zero-order valence-corrected chi connectivity index (χ0v) is 11.0. The quantitative estimate of drug-likeness (QED) is 0.713. The highest BCUT2D eigenvalue weighted by atomic mass is 16.5. The molecule has 0 saturated carbocycles. The van der Waals surface area contributed by atoms with Crippen molar-refractivity contribution in [3.63, 3.8) is 0 Å².